The average Bonchev–Trinajstić information content (AvgIpc) is 2.30. The Morgan fingerprint density at radius 2 is 1.25 bits per heavy atom. The lowest BCUT2D eigenvalue weighted by molar-refractivity contribution is 0.0585. The standard InChI is InChI=1S/C10H8Br2O4/c1-15-9(13)5-3-4-6(10(14)16-2)8(12)7(5)11/h3-4H,1-2H3. The summed E-state index contributed by atoms with van der Waals surface area (Å²) in [5.74, 6) is -0.965. The molecule has 4 nitrogen and oxygen atoms in total. The third-order valence-corrected chi connectivity index (χ3v) is 4.07. The maximum absolute atomic E-state index is 11.3. The molecule has 0 atom stereocenters. The number of ether oxygens (including phenoxy) is 2. The van der Waals surface area contributed by atoms with Crippen LogP contribution in [0.3, 0.4) is 0 Å². The second-order valence-corrected chi connectivity index (χ2v) is 4.36. The van der Waals surface area contributed by atoms with Crippen molar-refractivity contribution in [3.8, 4) is 0 Å². The predicted octanol–water partition coefficient (Wildman–Crippen LogP) is 2.78. The molecule has 0 bridgehead atoms. The van der Waals surface area contributed by atoms with Crippen LogP contribution in [0.1, 0.15) is 20.7 Å². The van der Waals surface area contributed by atoms with Gasteiger partial charge in [0.25, 0.3) is 0 Å². The summed E-state index contributed by atoms with van der Waals surface area (Å²) in [6.45, 7) is 0. The Morgan fingerprint density at radius 1 is 0.938 bits per heavy atom. The summed E-state index contributed by atoms with van der Waals surface area (Å²) in [6, 6.07) is 2.99. The van der Waals surface area contributed by atoms with Crippen LogP contribution in [0.5, 0.6) is 0 Å². The van der Waals surface area contributed by atoms with Gasteiger partial charge in [0.1, 0.15) is 0 Å². The average molecular weight is 352 g/mol. The molecule has 0 N–H and O–H groups in total. The molecular weight excluding hydrogens is 344 g/mol. The number of benzene rings is 1. The second-order valence-electron chi connectivity index (χ2n) is 2.77. The van der Waals surface area contributed by atoms with E-state index in [4.69, 9.17) is 0 Å². The number of esters is 2. The minimum atomic E-state index is -0.482. The van der Waals surface area contributed by atoms with Gasteiger partial charge in [-0.2, -0.15) is 0 Å². The molecule has 0 aromatic heterocycles. The fourth-order valence-corrected chi connectivity index (χ4v) is 2.10. The van der Waals surface area contributed by atoms with Crippen LogP contribution >= 0.6 is 31.9 Å². The molecule has 1 aromatic rings. The highest BCUT2D eigenvalue weighted by atomic mass is 79.9. The van der Waals surface area contributed by atoms with E-state index >= 15 is 0 Å². The normalized spacial score (nSPS) is 9.75. The Labute approximate surface area is 109 Å². The summed E-state index contributed by atoms with van der Waals surface area (Å²) in [6.07, 6.45) is 0. The first-order chi connectivity index (χ1) is 7.52. The van der Waals surface area contributed by atoms with Crippen molar-refractivity contribution >= 4 is 43.8 Å². The molecule has 0 aliphatic carbocycles. The van der Waals surface area contributed by atoms with Crippen molar-refractivity contribution < 1.29 is 19.1 Å². The molecule has 0 amide bonds. The van der Waals surface area contributed by atoms with Crippen LogP contribution < -0.4 is 0 Å². The van der Waals surface area contributed by atoms with Gasteiger partial charge in [-0.1, -0.05) is 0 Å². The molecule has 0 unspecified atom stereocenters. The first-order valence-corrected chi connectivity index (χ1v) is 5.76. The van der Waals surface area contributed by atoms with Gasteiger partial charge in [0.05, 0.1) is 25.3 Å². The van der Waals surface area contributed by atoms with Gasteiger partial charge < -0.3 is 9.47 Å². The van der Waals surface area contributed by atoms with E-state index in [0.717, 1.165) is 0 Å². The topological polar surface area (TPSA) is 52.6 Å². The van der Waals surface area contributed by atoms with Crippen molar-refractivity contribution in [1.82, 2.24) is 0 Å². The van der Waals surface area contributed by atoms with Crippen molar-refractivity contribution in [3.05, 3.63) is 32.2 Å². The summed E-state index contributed by atoms with van der Waals surface area (Å²) in [5.41, 5.74) is 0.670. The van der Waals surface area contributed by atoms with Gasteiger partial charge in [-0.15, -0.1) is 0 Å². The van der Waals surface area contributed by atoms with Crippen LogP contribution in [-0.2, 0) is 9.47 Å². The quantitative estimate of drug-likeness (QED) is 0.769. The van der Waals surface area contributed by atoms with E-state index in [-0.39, 0.29) is 0 Å². The highest BCUT2D eigenvalue weighted by Crippen LogP contribution is 2.31. The largest absolute Gasteiger partial charge is 0.465 e. The molecule has 1 aromatic carbocycles. The van der Waals surface area contributed by atoms with Crippen LogP contribution in [0, 0.1) is 0 Å². The van der Waals surface area contributed by atoms with Gasteiger partial charge in [0.2, 0.25) is 0 Å². The molecular formula is C10H8Br2O4. The molecule has 0 spiro atoms. The smallest absolute Gasteiger partial charge is 0.339 e. The summed E-state index contributed by atoms with van der Waals surface area (Å²) in [5, 5.41) is 0. The third-order valence-electron chi connectivity index (χ3n) is 1.89. The predicted molar refractivity (Wildman–Crippen MR) is 64.5 cm³/mol. The van der Waals surface area contributed by atoms with Crippen LogP contribution in [-0.4, -0.2) is 26.2 Å². The zero-order valence-corrected chi connectivity index (χ0v) is 11.7. The summed E-state index contributed by atoms with van der Waals surface area (Å²) >= 11 is 6.43. The van der Waals surface area contributed by atoms with Gasteiger partial charge in [-0.25, -0.2) is 9.59 Å². The van der Waals surface area contributed by atoms with Gasteiger partial charge in [-0.3, -0.25) is 0 Å². The molecule has 86 valence electrons. The fraction of sp³-hybridized carbons (Fsp3) is 0.200. The maximum atomic E-state index is 11.3. The number of hydrogen-bond donors (Lipinski definition) is 0. The Bertz CT molecular complexity index is 402. The Morgan fingerprint density at radius 3 is 1.50 bits per heavy atom. The van der Waals surface area contributed by atoms with Crippen molar-refractivity contribution in [2.75, 3.05) is 14.2 Å². The number of rotatable bonds is 2. The van der Waals surface area contributed by atoms with Crippen molar-refractivity contribution in [3.63, 3.8) is 0 Å². The highest BCUT2D eigenvalue weighted by Gasteiger charge is 2.19. The molecule has 1 rings (SSSR count). The molecule has 6 heteroatoms. The van der Waals surface area contributed by atoms with Crippen molar-refractivity contribution in [2.45, 2.75) is 0 Å². The van der Waals surface area contributed by atoms with Crippen molar-refractivity contribution in [1.29, 1.82) is 0 Å². The zero-order valence-electron chi connectivity index (χ0n) is 8.54. The van der Waals surface area contributed by atoms with E-state index in [1.807, 2.05) is 0 Å². The number of halogens is 2. The first kappa shape index (κ1) is 13.2. The molecule has 16 heavy (non-hydrogen) atoms. The van der Waals surface area contributed by atoms with E-state index in [1.54, 1.807) is 0 Å². The lowest BCUT2D eigenvalue weighted by atomic mass is 10.1. The lowest BCUT2D eigenvalue weighted by Gasteiger charge is -2.08. The Kier molecular flexibility index (Phi) is 4.49. The summed E-state index contributed by atoms with van der Waals surface area (Å²) in [7, 11) is 2.58. The maximum Gasteiger partial charge on any atom is 0.339 e. The van der Waals surface area contributed by atoms with Gasteiger partial charge in [0, 0.05) is 8.95 Å². The van der Waals surface area contributed by atoms with Gasteiger partial charge in [-0.05, 0) is 44.0 Å². The highest BCUT2D eigenvalue weighted by molar-refractivity contribution is 9.13. The van der Waals surface area contributed by atoms with Crippen LogP contribution in [0.4, 0.5) is 0 Å². The first-order valence-electron chi connectivity index (χ1n) is 4.17. The van der Waals surface area contributed by atoms with E-state index in [0.29, 0.717) is 20.1 Å². The van der Waals surface area contributed by atoms with Crippen LogP contribution in [0.2, 0.25) is 0 Å². The fourth-order valence-electron chi connectivity index (χ4n) is 1.08. The zero-order chi connectivity index (χ0) is 12.3. The second kappa shape index (κ2) is 5.45. The summed E-state index contributed by atoms with van der Waals surface area (Å²) < 4.78 is 10.1. The third kappa shape index (κ3) is 2.44. The van der Waals surface area contributed by atoms with E-state index in [1.165, 1.54) is 26.4 Å². The number of hydrogen-bond acceptors (Lipinski definition) is 4. The number of carbonyl (C=O) groups excluding carboxylic acids is 2. The van der Waals surface area contributed by atoms with Gasteiger partial charge in [0.15, 0.2) is 0 Å². The van der Waals surface area contributed by atoms with Crippen LogP contribution in [0.25, 0.3) is 0 Å². The molecule has 0 saturated heterocycles. The minimum Gasteiger partial charge on any atom is -0.465 e. The SMILES string of the molecule is COC(=O)c1ccc(C(=O)OC)c(Br)c1Br. The summed E-state index contributed by atoms with van der Waals surface area (Å²) in [4.78, 5) is 22.7. The van der Waals surface area contributed by atoms with E-state index < -0.39 is 11.9 Å². The molecule has 0 heterocycles. The minimum absolute atomic E-state index is 0.335. The van der Waals surface area contributed by atoms with Crippen LogP contribution in [0.15, 0.2) is 21.1 Å². The van der Waals surface area contributed by atoms with E-state index in [2.05, 4.69) is 41.3 Å². The molecule has 0 saturated carbocycles. The van der Waals surface area contributed by atoms with Crippen molar-refractivity contribution in [2.24, 2.45) is 0 Å². The molecule has 0 radical (unpaired) electrons. The Balaban J connectivity index is 3.28. The molecule has 0 aliphatic rings. The van der Waals surface area contributed by atoms with Gasteiger partial charge >= 0.3 is 11.9 Å². The Hall–Kier alpha value is -0.880. The van der Waals surface area contributed by atoms with E-state index in [9.17, 15) is 9.59 Å². The molecule has 0 fully saturated rings. The number of carbonyl (C=O) groups is 2. The monoisotopic (exact) mass is 350 g/mol. The lowest BCUT2D eigenvalue weighted by Crippen LogP contribution is -2.07. The molecule has 0 aliphatic heterocycles. The number of methoxy groups -OCH3 is 2.